The van der Waals surface area contributed by atoms with Crippen LogP contribution in [0.15, 0.2) is 34.9 Å². The SMILES string of the molecule is Cc1ccc2cc(-c3ncc(C(=O)O)o3)[nH]c2c1. The predicted octanol–water partition coefficient (Wildman–Crippen LogP) is 2.83. The third kappa shape index (κ3) is 1.66. The highest BCUT2D eigenvalue weighted by molar-refractivity contribution is 5.86. The van der Waals surface area contributed by atoms with Crippen molar-refractivity contribution in [2.24, 2.45) is 0 Å². The summed E-state index contributed by atoms with van der Waals surface area (Å²) in [5, 5.41) is 9.81. The second-order valence-corrected chi connectivity index (χ2v) is 4.11. The maximum Gasteiger partial charge on any atom is 0.373 e. The minimum Gasteiger partial charge on any atom is -0.475 e. The number of aromatic nitrogens is 2. The lowest BCUT2D eigenvalue weighted by Gasteiger charge is -1.91. The van der Waals surface area contributed by atoms with Crippen LogP contribution in [0.3, 0.4) is 0 Å². The summed E-state index contributed by atoms with van der Waals surface area (Å²) >= 11 is 0. The van der Waals surface area contributed by atoms with Crippen LogP contribution in [-0.4, -0.2) is 21.0 Å². The smallest absolute Gasteiger partial charge is 0.373 e. The molecule has 5 nitrogen and oxygen atoms in total. The Morgan fingerprint density at radius 3 is 2.94 bits per heavy atom. The largest absolute Gasteiger partial charge is 0.475 e. The molecule has 2 heterocycles. The van der Waals surface area contributed by atoms with Gasteiger partial charge in [0.2, 0.25) is 11.7 Å². The molecule has 0 saturated heterocycles. The molecule has 0 bridgehead atoms. The highest BCUT2D eigenvalue weighted by Crippen LogP contribution is 2.24. The molecular weight excluding hydrogens is 232 g/mol. The van der Waals surface area contributed by atoms with Gasteiger partial charge in [-0.3, -0.25) is 0 Å². The standard InChI is InChI=1S/C13H10N2O3/c1-7-2-3-8-5-10(15-9(8)4-7)12-14-6-11(18-12)13(16)17/h2-6,15H,1H3,(H,16,17). The van der Waals surface area contributed by atoms with Gasteiger partial charge in [-0.2, -0.15) is 0 Å². The first-order valence-electron chi connectivity index (χ1n) is 5.42. The highest BCUT2D eigenvalue weighted by atomic mass is 16.4. The number of hydrogen-bond acceptors (Lipinski definition) is 3. The Hall–Kier alpha value is -2.56. The van der Waals surface area contributed by atoms with Crippen LogP contribution >= 0.6 is 0 Å². The van der Waals surface area contributed by atoms with E-state index in [0.717, 1.165) is 16.5 Å². The Labute approximate surface area is 102 Å². The molecule has 1 aromatic carbocycles. The lowest BCUT2D eigenvalue weighted by molar-refractivity contribution is 0.0663. The number of H-pyrrole nitrogens is 1. The van der Waals surface area contributed by atoms with Gasteiger partial charge in [-0.15, -0.1) is 0 Å². The van der Waals surface area contributed by atoms with Gasteiger partial charge in [0.1, 0.15) is 5.69 Å². The summed E-state index contributed by atoms with van der Waals surface area (Å²) in [6.07, 6.45) is 1.20. The third-order valence-corrected chi connectivity index (χ3v) is 2.72. The number of carbonyl (C=O) groups is 1. The van der Waals surface area contributed by atoms with Crippen LogP contribution in [0, 0.1) is 6.92 Å². The van der Waals surface area contributed by atoms with Crippen molar-refractivity contribution in [1.82, 2.24) is 9.97 Å². The molecule has 0 aliphatic heterocycles. The maximum atomic E-state index is 10.7. The topological polar surface area (TPSA) is 79.1 Å². The van der Waals surface area contributed by atoms with E-state index in [4.69, 9.17) is 9.52 Å². The number of nitrogens with zero attached hydrogens (tertiary/aromatic N) is 1. The average molecular weight is 242 g/mol. The number of aromatic carboxylic acids is 1. The number of aryl methyl sites for hydroxylation is 1. The fraction of sp³-hybridized carbons (Fsp3) is 0.0769. The Bertz CT molecular complexity index is 740. The molecule has 3 aromatic rings. The number of rotatable bonds is 2. The second-order valence-electron chi connectivity index (χ2n) is 4.11. The molecule has 0 spiro atoms. The van der Waals surface area contributed by atoms with Crippen LogP contribution in [0.4, 0.5) is 0 Å². The van der Waals surface area contributed by atoms with E-state index < -0.39 is 5.97 Å². The van der Waals surface area contributed by atoms with Gasteiger partial charge in [0, 0.05) is 10.9 Å². The summed E-state index contributed by atoms with van der Waals surface area (Å²) in [4.78, 5) is 17.8. The van der Waals surface area contributed by atoms with E-state index in [0.29, 0.717) is 5.69 Å². The van der Waals surface area contributed by atoms with Crippen LogP contribution in [-0.2, 0) is 0 Å². The predicted molar refractivity (Wildman–Crippen MR) is 65.5 cm³/mol. The van der Waals surface area contributed by atoms with Crippen molar-refractivity contribution in [2.45, 2.75) is 6.92 Å². The van der Waals surface area contributed by atoms with E-state index in [1.165, 1.54) is 6.20 Å². The first-order chi connectivity index (χ1) is 8.63. The van der Waals surface area contributed by atoms with Crippen molar-refractivity contribution in [3.05, 3.63) is 41.8 Å². The van der Waals surface area contributed by atoms with Crippen LogP contribution in [0.2, 0.25) is 0 Å². The summed E-state index contributed by atoms with van der Waals surface area (Å²) in [5.74, 6) is -1.01. The molecule has 0 aliphatic carbocycles. The van der Waals surface area contributed by atoms with Gasteiger partial charge in [-0.1, -0.05) is 12.1 Å². The highest BCUT2D eigenvalue weighted by Gasteiger charge is 2.13. The Kier molecular flexibility index (Phi) is 2.19. The molecule has 0 fully saturated rings. The van der Waals surface area contributed by atoms with E-state index >= 15 is 0 Å². The number of carboxylic acid groups (broad SMARTS) is 1. The van der Waals surface area contributed by atoms with Crippen molar-refractivity contribution in [3.8, 4) is 11.6 Å². The molecule has 5 heteroatoms. The molecule has 0 atom stereocenters. The van der Waals surface area contributed by atoms with Crippen molar-refractivity contribution in [3.63, 3.8) is 0 Å². The zero-order valence-electron chi connectivity index (χ0n) is 9.60. The molecule has 0 amide bonds. The van der Waals surface area contributed by atoms with Gasteiger partial charge < -0.3 is 14.5 Å². The lowest BCUT2D eigenvalue weighted by atomic mass is 10.2. The number of oxazole rings is 1. The number of fused-ring (bicyclic) bond motifs is 1. The molecule has 2 aromatic heterocycles. The van der Waals surface area contributed by atoms with Gasteiger partial charge in [-0.25, -0.2) is 9.78 Å². The summed E-state index contributed by atoms with van der Waals surface area (Å²) in [6, 6.07) is 7.90. The molecular formula is C13H10N2O3. The van der Waals surface area contributed by atoms with Gasteiger partial charge >= 0.3 is 5.97 Å². The van der Waals surface area contributed by atoms with Crippen molar-refractivity contribution < 1.29 is 14.3 Å². The molecule has 0 saturated carbocycles. The normalized spacial score (nSPS) is 10.9. The van der Waals surface area contributed by atoms with Crippen LogP contribution < -0.4 is 0 Å². The van der Waals surface area contributed by atoms with Crippen LogP contribution in [0.1, 0.15) is 16.1 Å². The van der Waals surface area contributed by atoms with Crippen molar-refractivity contribution in [2.75, 3.05) is 0 Å². The number of benzene rings is 1. The first-order valence-corrected chi connectivity index (χ1v) is 5.42. The molecule has 18 heavy (non-hydrogen) atoms. The fourth-order valence-corrected chi connectivity index (χ4v) is 1.85. The molecule has 0 aliphatic rings. The molecule has 90 valence electrons. The van der Waals surface area contributed by atoms with E-state index in [2.05, 4.69) is 9.97 Å². The first kappa shape index (κ1) is 10.6. The lowest BCUT2D eigenvalue weighted by Crippen LogP contribution is -1.91. The van der Waals surface area contributed by atoms with Crippen molar-refractivity contribution >= 4 is 16.9 Å². The Balaban J connectivity index is 2.10. The molecule has 0 unspecified atom stereocenters. The van der Waals surface area contributed by atoms with Gasteiger partial charge in [0.05, 0.1) is 6.20 Å². The number of hydrogen-bond donors (Lipinski definition) is 2. The zero-order chi connectivity index (χ0) is 12.7. The van der Waals surface area contributed by atoms with Gasteiger partial charge in [0.25, 0.3) is 0 Å². The summed E-state index contributed by atoms with van der Waals surface area (Å²) in [5.41, 5.74) is 2.79. The number of aromatic amines is 1. The molecule has 2 N–H and O–H groups in total. The van der Waals surface area contributed by atoms with Crippen LogP contribution in [0.25, 0.3) is 22.5 Å². The molecule has 0 radical (unpaired) electrons. The fourth-order valence-electron chi connectivity index (χ4n) is 1.85. The van der Waals surface area contributed by atoms with E-state index in [9.17, 15) is 4.79 Å². The van der Waals surface area contributed by atoms with Crippen LogP contribution in [0.5, 0.6) is 0 Å². The third-order valence-electron chi connectivity index (χ3n) is 2.72. The minimum absolute atomic E-state index is 0.167. The molecule has 3 rings (SSSR count). The minimum atomic E-state index is -1.12. The average Bonchev–Trinajstić information content (AvgIpc) is 2.93. The van der Waals surface area contributed by atoms with E-state index in [-0.39, 0.29) is 11.7 Å². The Morgan fingerprint density at radius 1 is 1.39 bits per heavy atom. The monoisotopic (exact) mass is 242 g/mol. The van der Waals surface area contributed by atoms with Gasteiger partial charge in [0.15, 0.2) is 0 Å². The quantitative estimate of drug-likeness (QED) is 0.724. The summed E-state index contributed by atoms with van der Waals surface area (Å²) in [7, 11) is 0. The maximum absolute atomic E-state index is 10.7. The van der Waals surface area contributed by atoms with E-state index in [1.807, 2.05) is 31.2 Å². The summed E-state index contributed by atoms with van der Waals surface area (Å²) < 4.78 is 5.15. The van der Waals surface area contributed by atoms with E-state index in [1.54, 1.807) is 0 Å². The second kappa shape index (κ2) is 3.73. The van der Waals surface area contributed by atoms with Crippen molar-refractivity contribution in [1.29, 1.82) is 0 Å². The van der Waals surface area contributed by atoms with Gasteiger partial charge in [-0.05, 0) is 24.6 Å². The Morgan fingerprint density at radius 2 is 2.22 bits per heavy atom. The summed E-state index contributed by atoms with van der Waals surface area (Å²) in [6.45, 7) is 2.01. The zero-order valence-corrected chi connectivity index (χ0v) is 9.60. The number of carboxylic acids is 1. The number of nitrogens with one attached hydrogen (secondary N) is 1.